The van der Waals surface area contributed by atoms with Gasteiger partial charge in [0, 0.05) is 47.8 Å². The van der Waals surface area contributed by atoms with Gasteiger partial charge in [0.05, 0.1) is 11.4 Å². The minimum Gasteiger partial charge on any atom is -0.228 e. The molecule has 0 unspecified atom stereocenters. The summed E-state index contributed by atoms with van der Waals surface area (Å²) in [6, 6.07) is 61.1. The Balaban J connectivity index is 1.17. The van der Waals surface area contributed by atoms with E-state index in [9.17, 15) is 0 Å². The van der Waals surface area contributed by atoms with Crippen molar-refractivity contribution < 1.29 is 0 Å². The van der Waals surface area contributed by atoms with Crippen molar-refractivity contribution in [3.63, 3.8) is 0 Å². The van der Waals surface area contributed by atoms with Crippen molar-refractivity contribution in [3.8, 4) is 67.3 Å². The Morgan fingerprint density at radius 3 is 1.71 bits per heavy atom. The summed E-state index contributed by atoms with van der Waals surface area (Å²) in [6.45, 7) is 4.62. The zero-order chi connectivity index (χ0) is 34.8. The quantitative estimate of drug-likeness (QED) is 0.181. The van der Waals surface area contributed by atoms with Crippen molar-refractivity contribution in [2.75, 3.05) is 0 Å². The summed E-state index contributed by atoms with van der Waals surface area (Å²) in [4.78, 5) is 10.9. The first-order valence-electron chi connectivity index (χ1n) is 17.8. The van der Waals surface area contributed by atoms with Gasteiger partial charge in [0.25, 0.3) is 0 Å². The highest BCUT2D eigenvalue weighted by molar-refractivity contribution is 7.26. The summed E-state index contributed by atoms with van der Waals surface area (Å²) in [5.74, 6) is 0.735. The van der Waals surface area contributed by atoms with Crippen LogP contribution in [-0.2, 0) is 5.41 Å². The van der Waals surface area contributed by atoms with Crippen molar-refractivity contribution in [3.05, 3.63) is 181 Å². The predicted molar refractivity (Wildman–Crippen MR) is 220 cm³/mol. The summed E-state index contributed by atoms with van der Waals surface area (Å²) in [5, 5.41) is 2.62. The third kappa shape index (κ3) is 4.92. The molecule has 3 heteroatoms. The Hall–Kier alpha value is -6.16. The molecule has 2 nitrogen and oxygen atoms in total. The van der Waals surface area contributed by atoms with Crippen molar-refractivity contribution in [1.29, 1.82) is 0 Å². The van der Waals surface area contributed by atoms with Crippen LogP contribution in [0, 0.1) is 0 Å². The van der Waals surface area contributed by atoms with E-state index < -0.39 is 0 Å². The number of rotatable bonds is 5. The lowest BCUT2D eigenvalue weighted by atomic mass is 9.80. The fourth-order valence-electron chi connectivity index (χ4n) is 8.09. The van der Waals surface area contributed by atoms with Crippen LogP contribution in [0.2, 0.25) is 0 Å². The fourth-order valence-corrected chi connectivity index (χ4v) is 9.33. The van der Waals surface area contributed by atoms with Gasteiger partial charge in [0.15, 0.2) is 5.82 Å². The van der Waals surface area contributed by atoms with Gasteiger partial charge >= 0.3 is 0 Å². The molecule has 0 bridgehead atoms. The van der Waals surface area contributed by atoms with Crippen LogP contribution in [-0.4, -0.2) is 9.97 Å². The third-order valence-electron chi connectivity index (χ3n) is 10.7. The van der Waals surface area contributed by atoms with Crippen LogP contribution >= 0.6 is 11.3 Å². The highest BCUT2D eigenvalue weighted by Crippen LogP contribution is 2.52. The van der Waals surface area contributed by atoms with E-state index in [4.69, 9.17) is 9.97 Å². The second-order valence-corrected chi connectivity index (χ2v) is 15.2. The Labute approximate surface area is 307 Å². The van der Waals surface area contributed by atoms with Crippen molar-refractivity contribution >= 4 is 31.5 Å². The predicted octanol–water partition coefficient (Wildman–Crippen LogP) is 13.5. The van der Waals surface area contributed by atoms with Crippen molar-refractivity contribution in [1.82, 2.24) is 9.97 Å². The van der Waals surface area contributed by atoms with E-state index in [1.807, 2.05) is 11.3 Å². The Kier molecular flexibility index (Phi) is 7.06. The average molecular weight is 683 g/mol. The zero-order valence-electron chi connectivity index (χ0n) is 29.0. The van der Waals surface area contributed by atoms with Gasteiger partial charge in [0.1, 0.15) is 0 Å². The van der Waals surface area contributed by atoms with Gasteiger partial charge in [0.2, 0.25) is 0 Å². The monoisotopic (exact) mass is 682 g/mol. The summed E-state index contributed by atoms with van der Waals surface area (Å²) in [5.41, 5.74) is 14.6. The molecule has 2 aromatic heterocycles. The standard InChI is InChI=1S/C49H34N2S/c1-49(2)42-22-11-9-19-41(42)46-44(49)45(37-29-35(31-14-5-3-6-15-31)28-36(30-37)32-16-7-4-8-17-32)50-48(51-46)34-26-24-33(25-27-34)38-20-13-21-40-39-18-10-12-23-43(39)52-47(38)40/h3-30H,1-2H3. The molecule has 0 atom stereocenters. The second kappa shape index (κ2) is 12.0. The van der Waals surface area contributed by atoms with Gasteiger partial charge in [-0.05, 0) is 63.2 Å². The number of fused-ring (bicyclic) bond motifs is 6. The SMILES string of the molecule is CC1(C)c2ccccc2-c2nc(-c3ccc(-c4cccc5c4sc4ccccc45)cc3)nc(-c3cc(-c4ccccc4)cc(-c4ccccc4)c3)c21. The molecule has 0 saturated heterocycles. The summed E-state index contributed by atoms with van der Waals surface area (Å²) in [7, 11) is 0. The van der Waals surface area contributed by atoms with Crippen LogP contribution in [0.5, 0.6) is 0 Å². The number of benzene rings is 7. The lowest BCUT2D eigenvalue weighted by Gasteiger charge is -2.24. The molecule has 7 aromatic carbocycles. The molecule has 0 spiro atoms. The highest BCUT2D eigenvalue weighted by Gasteiger charge is 2.40. The number of nitrogens with zero attached hydrogens (tertiary/aromatic N) is 2. The number of hydrogen-bond donors (Lipinski definition) is 0. The normalized spacial score (nSPS) is 13.0. The Morgan fingerprint density at radius 2 is 0.981 bits per heavy atom. The molecule has 0 saturated carbocycles. The van der Waals surface area contributed by atoms with Crippen molar-refractivity contribution in [2.24, 2.45) is 0 Å². The van der Waals surface area contributed by atoms with Crippen LogP contribution in [0.4, 0.5) is 0 Å². The molecule has 0 N–H and O–H groups in total. The van der Waals surface area contributed by atoms with Gasteiger partial charge in [-0.1, -0.05) is 159 Å². The van der Waals surface area contributed by atoms with Crippen molar-refractivity contribution in [2.45, 2.75) is 19.3 Å². The molecule has 0 aliphatic heterocycles. The largest absolute Gasteiger partial charge is 0.228 e. The number of aromatic nitrogens is 2. The molecule has 246 valence electrons. The minimum absolute atomic E-state index is 0.276. The van der Waals surface area contributed by atoms with Gasteiger partial charge in [-0.2, -0.15) is 0 Å². The second-order valence-electron chi connectivity index (χ2n) is 14.2. The average Bonchev–Trinajstić information content (AvgIpc) is 3.70. The maximum absolute atomic E-state index is 5.51. The summed E-state index contributed by atoms with van der Waals surface area (Å²) < 4.78 is 2.63. The number of thiophene rings is 1. The van der Waals surface area contributed by atoms with Crippen LogP contribution in [0.3, 0.4) is 0 Å². The lowest BCUT2D eigenvalue weighted by Crippen LogP contribution is -2.17. The molecular formula is C49H34N2S. The summed E-state index contributed by atoms with van der Waals surface area (Å²) >= 11 is 1.86. The topological polar surface area (TPSA) is 25.8 Å². The molecule has 1 aliphatic carbocycles. The van der Waals surface area contributed by atoms with Gasteiger partial charge in [-0.25, -0.2) is 9.97 Å². The Morgan fingerprint density at radius 1 is 0.423 bits per heavy atom. The van der Waals surface area contributed by atoms with E-state index in [1.54, 1.807) is 0 Å². The van der Waals surface area contributed by atoms with E-state index in [-0.39, 0.29) is 5.41 Å². The molecule has 9 aromatic rings. The van der Waals surface area contributed by atoms with E-state index in [1.165, 1.54) is 70.2 Å². The highest BCUT2D eigenvalue weighted by atomic mass is 32.1. The maximum atomic E-state index is 5.51. The Bertz CT molecular complexity index is 2740. The fraction of sp³-hybridized carbons (Fsp3) is 0.0612. The van der Waals surface area contributed by atoms with Crippen LogP contribution in [0.1, 0.15) is 25.0 Å². The smallest absolute Gasteiger partial charge is 0.160 e. The third-order valence-corrected chi connectivity index (χ3v) is 11.9. The first-order chi connectivity index (χ1) is 25.5. The van der Waals surface area contributed by atoms with E-state index in [2.05, 4.69) is 184 Å². The number of hydrogen-bond acceptors (Lipinski definition) is 3. The minimum atomic E-state index is -0.276. The molecule has 0 amide bonds. The molecule has 52 heavy (non-hydrogen) atoms. The lowest BCUT2D eigenvalue weighted by molar-refractivity contribution is 0.658. The first kappa shape index (κ1) is 30.6. The van der Waals surface area contributed by atoms with Crippen LogP contribution in [0.15, 0.2) is 170 Å². The van der Waals surface area contributed by atoms with Gasteiger partial charge < -0.3 is 0 Å². The first-order valence-corrected chi connectivity index (χ1v) is 18.6. The van der Waals surface area contributed by atoms with Crippen LogP contribution < -0.4 is 0 Å². The van der Waals surface area contributed by atoms with Crippen LogP contribution in [0.25, 0.3) is 87.5 Å². The molecule has 1 aliphatic rings. The molecule has 0 radical (unpaired) electrons. The molecule has 2 heterocycles. The zero-order valence-corrected chi connectivity index (χ0v) is 29.8. The van der Waals surface area contributed by atoms with E-state index >= 15 is 0 Å². The summed E-state index contributed by atoms with van der Waals surface area (Å²) in [6.07, 6.45) is 0. The van der Waals surface area contributed by atoms with E-state index in [0.29, 0.717) is 0 Å². The molecule has 10 rings (SSSR count). The van der Waals surface area contributed by atoms with Gasteiger partial charge in [-0.3, -0.25) is 0 Å². The maximum Gasteiger partial charge on any atom is 0.160 e. The van der Waals surface area contributed by atoms with E-state index in [0.717, 1.165) is 28.3 Å². The molecule has 0 fully saturated rings. The van der Waals surface area contributed by atoms with Gasteiger partial charge in [-0.15, -0.1) is 11.3 Å². The molecular weight excluding hydrogens is 649 g/mol.